The first-order valence-corrected chi connectivity index (χ1v) is 5.63. The lowest BCUT2D eigenvalue weighted by Gasteiger charge is -2.16. The number of methoxy groups -OCH3 is 1. The minimum atomic E-state index is -0.861. The molecule has 0 spiro atoms. The molecule has 1 aromatic rings. The molecule has 0 aliphatic heterocycles. The average Bonchev–Trinajstić information content (AvgIpc) is 2.25. The highest BCUT2D eigenvalue weighted by Crippen LogP contribution is 2.31. The monoisotopic (exact) mass is 287 g/mol. The summed E-state index contributed by atoms with van der Waals surface area (Å²) in [5.74, 6) is -0.424. The fraction of sp³-hybridized carbons (Fsp3) is 0.364. The van der Waals surface area contributed by atoms with Crippen molar-refractivity contribution in [2.24, 2.45) is 5.73 Å². The van der Waals surface area contributed by atoms with Crippen LogP contribution in [0.1, 0.15) is 17.9 Å². The molecule has 16 heavy (non-hydrogen) atoms. The summed E-state index contributed by atoms with van der Waals surface area (Å²) in [5.41, 5.74) is 6.41. The van der Waals surface area contributed by atoms with Gasteiger partial charge in [0.25, 0.3) is 0 Å². The van der Waals surface area contributed by atoms with Gasteiger partial charge in [-0.3, -0.25) is 4.79 Å². The second kappa shape index (κ2) is 5.86. The Labute approximate surface area is 103 Å². The van der Waals surface area contributed by atoms with Crippen molar-refractivity contribution in [2.45, 2.75) is 12.3 Å². The number of carbonyl (C=O) groups is 1. The first kappa shape index (κ1) is 13.0. The van der Waals surface area contributed by atoms with Crippen LogP contribution in [0, 0.1) is 0 Å². The third kappa shape index (κ3) is 3.21. The quantitative estimate of drug-likeness (QED) is 0.869. The zero-order valence-corrected chi connectivity index (χ0v) is 10.5. The molecular formula is C11H14BrNO3. The van der Waals surface area contributed by atoms with Gasteiger partial charge in [0.2, 0.25) is 0 Å². The smallest absolute Gasteiger partial charge is 0.304 e. The average molecular weight is 288 g/mol. The number of nitrogens with two attached hydrogens (primary N) is 1. The molecule has 0 fully saturated rings. The van der Waals surface area contributed by atoms with E-state index >= 15 is 0 Å². The van der Waals surface area contributed by atoms with Crippen LogP contribution >= 0.6 is 15.9 Å². The fourth-order valence-electron chi connectivity index (χ4n) is 1.55. The van der Waals surface area contributed by atoms with Crippen molar-refractivity contribution in [3.8, 4) is 5.75 Å². The number of rotatable bonds is 5. The van der Waals surface area contributed by atoms with E-state index in [0.717, 1.165) is 10.0 Å². The van der Waals surface area contributed by atoms with E-state index in [1.807, 2.05) is 12.1 Å². The summed E-state index contributed by atoms with van der Waals surface area (Å²) in [4.78, 5) is 10.7. The molecule has 88 valence electrons. The number of halogens is 1. The van der Waals surface area contributed by atoms with E-state index in [-0.39, 0.29) is 18.9 Å². The van der Waals surface area contributed by atoms with E-state index < -0.39 is 5.97 Å². The predicted molar refractivity (Wildman–Crippen MR) is 64.7 cm³/mol. The van der Waals surface area contributed by atoms with Gasteiger partial charge in [-0.1, -0.05) is 22.0 Å². The molecule has 0 amide bonds. The molecule has 3 N–H and O–H groups in total. The van der Waals surface area contributed by atoms with Crippen molar-refractivity contribution in [3.05, 3.63) is 28.2 Å². The Morgan fingerprint density at radius 2 is 2.31 bits per heavy atom. The lowest BCUT2D eigenvalue weighted by molar-refractivity contribution is -0.137. The van der Waals surface area contributed by atoms with E-state index in [9.17, 15) is 4.79 Å². The summed E-state index contributed by atoms with van der Waals surface area (Å²) in [6, 6.07) is 5.49. The van der Waals surface area contributed by atoms with E-state index in [1.54, 1.807) is 13.2 Å². The molecular weight excluding hydrogens is 274 g/mol. The van der Waals surface area contributed by atoms with Crippen LogP contribution in [0.3, 0.4) is 0 Å². The van der Waals surface area contributed by atoms with Crippen molar-refractivity contribution < 1.29 is 14.6 Å². The summed E-state index contributed by atoms with van der Waals surface area (Å²) in [5, 5.41) is 8.79. The number of benzene rings is 1. The summed E-state index contributed by atoms with van der Waals surface area (Å²) in [6.07, 6.45) is 0.00842. The molecule has 1 unspecified atom stereocenters. The van der Waals surface area contributed by atoms with Gasteiger partial charge in [0.15, 0.2) is 0 Å². The highest BCUT2D eigenvalue weighted by atomic mass is 79.9. The molecule has 0 aliphatic rings. The Kier molecular flexibility index (Phi) is 4.76. The molecule has 1 atom stereocenters. The topological polar surface area (TPSA) is 72.5 Å². The zero-order chi connectivity index (χ0) is 12.1. The van der Waals surface area contributed by atoms with Crippen molar-refractivity contribution in [2.75, 3.05) is 13.7 Å². The Bertz CT molecular complexity index is 381. The fourth-order valence-corrected chi connectivity index (χ4v) is 1.89. The number of hydrogen-bond acceptors (Lipinski definition) is 3. The number of hydrogen-bond donors (Lipinski definition) is 2. The molecule has 0 aromatic heterocycles. The first-order valence-electron chi connectivity index (χ1n) is 4.83. The third-order valence-corrected chi connectivity index (χ3v) is 2.83. The summed E-state index contributed by atoms with van der Waals surface area (Å²) in [7, 11) is 1.56. The predicted octanol–water partition coefficient (Wildman–Crippen LogP) is 1.97. The van der Waals surface area contributed by atoms with Crippen LogP contribution < -0.4 is 10.5 Å². The lowest BCUT2D eigenvalue weighted by atomic mass is 9.95. The third-order valence-electron chi connectivity index (χ3n) is 2.34. The SMILES string of the molecule is COc1cc(Br)ccc1C(CN)CC(=O)O. The van der Waals surface area contributed by atoms with Gasteiger partial charge < -0.3 is 15.6 Å². The van der Waals surface area contributed by atoms with E-state index in [4.69, 9.17) is 15.6 Å². The minimum absolute atomic E-state index is 0.00842. The molecule has 0 heterocycles. The number of carboxylic acid groups (broad SMARTS) is 1. The van der Waals surface area contributed by atoms with E-state index in [0.29, 0.717) is 5.75 Å². The van der Waals surface area contributed by atoms with Crippen molar-refractivity contribution in [3.63, 3.8) is 0 Å². The lowest BCUT2D eigenvalue weighted by Crippen LogP contribution is -2.17. The number of aliphatic carboxylic acids is 1. The summed E-state index contributed by atoms with van der Waals surface area (Å²) >= 11 is 3.33. The van der Waals surface area contributed by atoms with Gasteiger partial charge in [0, 0.05) is 10.4 Å². The van der Waals surface area contributed by atoms with Gasteiger partial charge in [-0.05, 0) is 24.2 Å². The molecule has 0 aliphatic carbocycles. The van der Waals surface area contributed by atoms with Crippen LogP contribution in [-0.2, 0) is 4.79 Å². The van der Waals surface area contributed by atoms with Gasteiger partial charge >= 0.3 is 5.97 Å². The van der Waals surface area contributed by atoms with Crippen LogP contribution in [0.4, 0.5) is 0 Å². The molecule has 0 saturated carbocycles. The minimum Gasteiger partial charge on any atom is -0.496 e. The molecule has 4 nitrogen and oxygen atoms in total. The Hall–Kier alpha value is -1.07. The second-order valence-electron chi connectivity index (χ2n) is 3.42. The van der Waals surface area contributed by atoms with Crippen molar-refractivity contribution in [1.29, 1.82) is 0 Å². The maximum Gasteiger partial charge on any atom is 0.304 e. The molecule has 0 saturated heterocycles. The summed E-state index contributed by atoms with van der Waals surface area (Å²) < 4.78 is 6.10. The molecule has 1 aromatic carbocycles. The van der Waals surface area contributed by atoms with Crippen molar-refractivity contribution in [1.82, 2.24) is 0 Å². The zero-order valence-electron chi connectivity index (χ0n) is 8.94. The van der Waals surface area contributed by atoms with Crippen LogP contribution in [0.5, 0.6) is 5.75 Å². The van der Waals surface area contributed by atoms with Gasteiger partial charge in [-0.15, -0.1) is 0 Å². The van der Waals surface area contributed by atoms with Crippen LogP contribution in [-0.4, -0.2) is 24.7 Å². The molecule has 1 rings (SSSR count). The van der Waals surface area contributed by atoms with Crippen LogP contribution in [0.2, 0.25) is 0 Å². The standard InChI is InChI=1S/C11H14BrNO3/c1-16-10-5-8(12)2-3-9(10)7(6-13)4-11(14)15/h2-3,5,7H,4,6,13H2,1H3,(H,14,15). The van der Waals surface area contributed by atoms with Gasteiger partial charge in [0.05, 0.1) is 13.5 Å². The van der Waals surface area contributed by atoms with Gasteiger partial charge in [-0.2, -0.15) is 0 Å². The largest absolute Gasteiger partial charge is 0.496 e. The van der Waals surface area contributed by atoms with Gasteiger partial charge in [0.1, 0.15) is 5.75 Å². The Morgan fingerprint density at radius 3 is 2.81 bits per heavy atom. The molecule has 0 radical (unpaired) electrons. The maximum absolute atomic E-state index is 10.7. The van der Waals surface area contributed by atoms with Crippen molar-refractivity contribution >= 4 is 21.9 Å². The highest BCUT2D eigenvalue weighted by molar-refractivity contribution is 9.10. The number of ether oxygens (including phenoxy) is 1. The van der Waals surface area contributed by atoms with Crippen LogP contribution in [0.15, 0.2) is 22.7 Å². The Balaban J connectivity index is 3.03. The number of carboxylic acids is 1. The summed E-state index contributed by atoms with van der Waals surface area (Å²) in [6.45, 7) is 0.282. The van der Waals surface area contributed by atoms with Crippen LogP contribution in [0.25, 0.3) is 0 Å². The van der Waals surface area contributed by atoms with E-state index in [2.05, 4.69) is 15.9 Å². The molecule has 0 bridgehead atoms. The molecule has 5 heteroatoms. The highest BCUT2D eigenvalue weighted by Gasteiger charge is 2.18. The maximum atomic E-state index is 10.7. The normalized spacial score (nSPS) is 12.2. The Morgan fingerprint density at radius 1 is 1.62 bits per heavy atom. The van der Waals surface area contributed by atoms with Gasteiger partial charge in [-0.25, -0.2) is 0 Å². The second-order valence-corrected chi connectivity index (χ2v) is 4.33. The first-order chi connectivity index (χ1) is 7.58. The van der Waals surface area contributed by atoms with E-state index in [1.165, 1.54) is 0 Å².